The number of H-pyrrole nitrogens is 2. The monoisotopic (exact) mass is 331 g/mol. The van der Waals surface area contributed by atoms with Gasteiger partial charge in [-0.3, -0.25) is 19.6 Å². The second kappa shape index (κ2) is 5.17. The molecule has 8 heteroatoms. The number of rotatable bonds is 2. The fourth-order valence-electron chi connectivity index (χ4n) is 3.05. The van der Waals surface area contributed by atoms with E-state index in [1.807, 2.05) is 42.5 Å². The fraction of sp³-hybridized carbons (Fsp3) is 0.0588. The van der Waals surface area contributed by atoms with Crippen LogP contribution in [0.1, 0.15) is 5.56 Å². The third-order valence-electron chi connectivity index (χ3n) is 4.25. The van der Waals surface area contributed by atoms with E-state index in [0.717, 1.165) is 22.3 Å². The molecule has 0 aliphatic carbocycles. The SMILES string of the molecule is O=c1[nH]n2c(c1-c1ccccn1)NC(c1ccc3n[nH]nc3c1)=CC2. The van der Waals surface area contributed by atoms with Gasteiger partial charge < -0.3 is 5.32 Å². The predicted molar refractivity (Wildman–Crippen MR) is 93.8 cm³/mol. The molecule has 0 radical (unpaired) electrons. The Bertz CT molecular complexity index is 1170. The molecule has 0 bridgehead atoms. The molecule has 1 aliphatic rings. The molecular formula is C17H13N7O. The molecule has 5 rings (SSSR count). The number of benzene rings is 1. The summed E-state index contributed by atoms with van der Waals surface area (Å²) in [4.78, 5) is 16.7. The summed E-state index contributed by atoms with van der Waals surface area (Å²) in [6, 6.07) is 11.4. The second-order valence-corrected chi connectivity index (χ2v) is 5.76. The van der Waals surface area contributed by atoms with Crippen molar-refractivity contribution in [2.24, 2.45) is 0 Å². The number of hydrogen-bond donors (Lipinski definition) is 3. The highest BCUT2D eigenvalue weighted by Crippen LogP contribution is 2.30. The molecule has 0 saturated carbocycles. The fourth-order valence-corrected chi connectivity index (χ4v) is 3.05. The van der Waals surface area contributed by atoms with E-state index in [9.17, 15) is 4.79 Å². The summed E-state index contributed by atoms with van der Waals surface area (Å²) in [6.45, 7) is 0.566. The topological polar surface area (TPSA) is 104 Å². The van der Waals surface area contributed by atoms with Crippen LogP contribution in [0.3, 0.4) is 0 Å². The van der Waals surface area contributed by atoms with Gasteiger partial charge in [-0.15, -0.1) is 0 Å². The standard InChI is InChI=1S/C17H13N7O/c25-17-15(13-3-1-2-7-18-13)16-19-11(6-8-24(16)22-17)10-4-5-12-14(9-10)21-23-20-12/h1-7,9,19H,8H2,(H,22,25)(H,20,21,23). The Morgan fingerprint density at radius 2 is 2.00 bits per heavy atom. The quantitative estimate of drug-likeness (QED) is 0.521. The van der Waals surface area contributed by atoms with Gasteiger partial charge in [0.05, 0.1) is 12.2 Å². The van der Waals surface area contributed by atoms with Gasteiger partial charge in [0.15, 0.2) is 0 Å². The molecule has 4 heterocycles. The third-order valence-corrected chi connectivity index (χ3v) is 4.25. The number of nitrogens with zero attached hydrogens (tertiary/aromatic N) is 4. The molecular weight excluding hydrogens is 318 g/mol. The highest BCUT2D eigenvalue weighted by Gasteiger charge is 2.21. The molecule has 1 aromatic carbocycles. The van der Waals surface area contributed by atoms with Gasteiger partial charge in [-0.25, -0.2) is 0 Å². The van der Waals surface area contributed by atoms with E-state index < -0.39 is 0 Å². The maximum Gasteiger partial charge on any atom is 0.275 e. The lowest BCUT2D eigenvalue weighted by molar-refractivity contribution is 0.695. The van der Waals surface area contributed by atoms with Gasteiger partial charge in [0.2, 0.25) is 0 Å². The Morgan fingerprint density at radius 3 is 2.88 bits per heavy atom. The Labute approximate surface area is 141 Å². The first-order chi connectivity index (χ1) is 12.3. The van der Waals surface area contributed by atoms with Crippen LogP contribution in [0.15, 0.2) is 53.5 Å². The van der Waals surface area contributed by atoms with Crippen LogP contribution in [-0.4, -0.2) is 30.2 Å². The highest BCUT2D eigenvalue weighted by molar-refractivity contribution is 5.87. The summed E-state index contributed by atoms with van der Waals surface area (Å²) in [5.41, 5.74) is 4.51. The molecule has 0 spiro atoms. The number of allylic oxidation sites excluding steroid dienone is 1. The maximum atomic E-state index is 12.4. The van der Waals surface area contributed by atoms with Crippen LogP contribution in [0, 0.1) is 0 Å². The zero-order valence-corrected chi connectivity index (χ0v) is 13.0. The summed E-state index contributed by atoms with van der Waals surface area (Å²) in [5.74, 6) is 0.710. The molecule has 3 N–H and O–H groups in total. The van der Waals surface area contributed by atoms with Crippen LogP contribution < -0.4 is 10.9 Å². The van der Waals surface area contributed by atoms with Crippen molar-refractivity contribution in [3.63, 3.8) is 0 Å². The number of aromatic amines is 2. The van der Waals surface area contributed by atoms with Gasteiger partial charge in [0, 0.05) is 17.5 Å². The average Bonchev–Trinajstić information content (AvgIpc) is 3.24. The minimum Gasteiger partial charge on any atom is -0.340 e. The number of aromatic nitrogens is 6. The van der Waals surface area contributed by atoms with Crippen LogP contribution in [0.4, 0.5) is 5.82 Å². The van der Waals surface area contributed by atoms with Gasteiger partial charge in [0.25, 0.3) is 5.56 Å². The molecule has 0 unspecified atom stereocenters. The first-order valence-electron chi connectivity index (χ1n) is 7.82. The summed E-state index contributed by atoms with van der Waals surface area (Å²) < 4.78 is 1.78. The Balaban J connectivity index is 1.59. The Kier molecular flexibility index (Phi) is 2.84. The van der Waals surface area contributed by atoms with Crippen molar-refractivity contribution < 1.29 is 0 Å². The Hall–Kier alpha value is -3.68. The van der Waals surface area contributed by atoms with Crippen molar-refractivity contribution in [2.45, 2.75) is 6.54 Å². The van der Waals surface area contributed by atoms with E-state index in [0.29, 0.717) is 23.6 Å². The summed E-state index contributed by atoms with van der Waals surface area (Å²) in [7, 11) is 0. The summed E-state index contributed by atoms with van der Waals surface area (Å²) in [5, 5.41) is 17.0. The van der Waals surface area contributed by atoms with E-state index in [1.54, 1.807) is 10.9 Å². The Morgan fingerprint density at radius 1 is 1.08 bits per heavy atom. The van der Waals surface area contributed by atoms with Crippen LogP contribution in [0.2, 0.25) is 0 Å². The summed E-state index contributed by atoms with van der Waals surface area (Å²) in [6.07, 6.45) is 3.70. The van der Waals surface area contributed by atoms with Gasteiger partial charge in [0.1, 0.15) is 22.4 Å². The molecule has 0 amide bonds. The van der Waals surface area contributed by atoms with Crippen LogP contribution in [-0.2, 0) is 6.54 Å². The van der Waals surface area contributed by atoms with E-state index in [2.05, 4.69) is 30.8 Å². The molecule has 4 aromatic rings. The molecule has 0 atom stereocenters. The van der Waals surface area contributed by atoms with Gasteiger partial charge in [-0.2, -0.15) is 15.4 Å². The lowest BCUT2D eigenvalue weighted by Gasteiger charge is -2.19. The maximum absolute atomic E-state index is 12.4. The van der Waals surface area contributed by atoms with Gasteiger partial charge in [-0.05, 0) is 30.3 Å². The number of nitrogens with one attached hydrogen (secondary N) is 3. The molecule has 0 fully saturated rings. The van der Waals surface area contributed by atoms with Crippen molar-refractivity contribution in [3.8, 4) is 11.3 Å². The van der Waals surface area contributed by atoms with Crippen molar-refractivity contribution >= 4 is 22.5 Å². The number of anilines is 1. The van der Waals surface area contributed by atoms with Crippen LogP contribution in [0.5, 0.6) is 0 Å². The third kappa shape index (κ3) is 2.15. The van der Waals surface area contributed by atoms with E-state index >= 15 is 0 Å². The molecule has 8 nitrogen and oxygen atoms in total. The highest BCUT2D eigenvalue weighted by atomic mass is 16.1. The normalized spacial score (nSPS) is 13.4. The lowest BCUT2D eigenvalue weighted by Crippen LogP contribution is -2.13. The van der Waals surface area contributed by atoms with Crippen molar-refractivity contribution in [1.82, 2.24) is 30.2 Å². The van der Waals surface area contributed by atoms with Crippen LogP contribution >= 0.6 is 0 Å². The number of fused-ring (bicyclic) bond motifs is 2. The minimum atomic E-state index is -0.164. The van der Waals surface area contributed by atoms with E-state index in [1.165, 1.54) is 0 Å². The second-order valence-electron chi connectivity index (χ2n) is 5.76. The zero-order chi connectivity index (χ0) is 16.8. The number of pyridine rings is 1. The number of hydrogen-bond acceptors (Lipinski definition) is 5. The van der Waals surface area contributed by atoms with Crippen molar-refractivity contribution in [1.29, 1.82) is 0 Å². The molecule has 3 aromatic heterocycles. The smallest absolute Gasteiger partial charge is 0.275 e. The first kappa shape index (κ1) is 13.7. The molecule has 122 valence electrons. The zero-order valence-electron chi connectivity index (χ0n) is 13.0. The van der Waals surface area contributed by atoms with E-state index in [4.69, 9.17) is 0 Å². The molecule has 25 heavy (non-hydrogen) atoms. The average molecular weight is 331 g/mol. The first-order valence-corrected chi connectivity index (χ1v) is 7.82. The minimum absolute atomic E-state index is 0.164. The molecule has 0 saturated heterocycles. The predicted octanol–water partition coefficient (Wildman–Crippen LogP) is 1.98. The van der Waals surface area contributed by atoms with Gasteiger partial charge in [-0.1, -0.05) is 12.1 Å². The van der Waals surface area contributed by atoms with Gasteiger partial charge >= 0.3 is 0 Å². The van der Waals surface area contributed by atoms with Crippen molar-refractivity contribution in [3.05, 3.63) is 64.6 Å². The van der Waals surface area contributed by atoms with E-state index in [-0.39, 0.29) is 5.56 Å². The largest absolute Gasteiger partial charge is 0.340 e. The summed E-state index contributed by atoms with van der Waals surface area (Å²) >= 11 is 0. The van der Waals surface area contributed by atoms with Crippen LogP contribution in [0.25, 0.3) is 28.0 Å². The lowest BCUT2D eigenvalue weighted by atomic mass is 10.1. The van der Waals surface area contributed by atoms with Crippen molar-refractivity contribution in [2.75, 3.05) is 5.32 Å². The molecule has 1 aliphatic heterocycles.